The highest BCUT2D eigenvalue weighted by atomic mass is 16.1. The fraction of sp³-hybridized carbons (Fsp3) is 0.333. The third-order valence-corrected chi connectivity index (χ3v) is 3.50. The maximum atomic E-state index is 11.3. The summed E-state index contributed by atoms with van der Waals surface area (Å²) in [7, 11) is 0. The molecule has 0 saturated carbocycles. The van der Waals surface area contributed by atoms with Crippen LogP contribution in [0.4, 0.5) is 0 Å². The molecule has 0 unspecified atom stereocenters. The van der Waals surface area contributed by atoms with Crippen molar-refractivity contribution < 1.29 is 9.59 Å². The number of aryl methyl sites for hydroxylation is 2. The zero-order valence-electron chi connectivity index (χ0n) is 11.5. The van der Waals surface area contributed by atoms with Gasteiger partial charge in [0, 0.05) is 16.6 Å². The monoisotopic (exact) mass is 258 g/mol. The number of benzene rings is 1. The minimum atomic E-state index is -0.353. The quantitative estimate of drug-likeness (QED) is 0.850. The van der Waals surface area contributed by atoms with Crippen LogP contribution in [-0.4, -0.2) is 16.8 Å². The molecule has 4 nitrogen and oxygen atoms in total. The predicted molar refractivity (Wildman–Crippen MR) is 75.1 cm³/mol. The Balaban J connectivity index is 2.83. The van der Waals surface area contributed by atoms with Crippen LogP contribution >= 0.6 is 0 Å². The van der Waals surface area contributed by atoms with Crippen molar-refractivity contribution in [2.45, 2.75) is 33.7 Å². The molecule has 0 fully saturated rings. The van der Waals surface area contributed by atoms with Crippen molar-refractivity contribution in [3.63, 3.8) is 0 Å². The van der Waals surface area contributed by atoms with E-state index in [0.717, 1.165) is 39.6 Å². The predicted octanol–water partition coefficient (Wildman–Crippen LogP) is 1.79. The number of amides is 1. The van der Waals surface area contributed by atoms with Crippen molar-refractivity contribution >= 4 is 23.1 Å². The van der Waals surface area contributed by atoms with Gasteiger partial charge in [0.1, 0.15) is 6.29 Å². The molecule has 0 spiro atoms. The first-order chi connectivity index (χ1) is 8.95. The van der Waals surface area contributed by atoms with Gasteiger partial charge in [0.2, 0.25) is 5.91 Å². The zero-order chi connectivity index (χ0) is 14.2. The largest absolute Gasteiger partial charge is 0.369 e. The standard InChI is InChI=1S/C15H18N2O2/c1-9-6-10(2)15-12(8-14(16)19)11(3)17(4-5-18)13(15)7-9/h5-7H,4,8H2,1-3H3,(H2,16,19). The number of fused-ring (bicyclic) bond motifs is 1. The van der Waals surface area contributed by atoms with Gasteiger partial charge in [0.15, 0.2) is 0 Å². The van der Waals surface area contributed by atoms with Gasteiger partial charge in [-0.15, -0.1) is 0 Å². The van der Waals surface area contributed by atoms with Gasteiger partial charge in [-0.1, -0.05) is 6.07 Å². The maximum absolute atomic E-state index is 11.3. The average Bonchev–Trinajstić information content (AvgIpc) is 2.54. The first-order valence-electron chi connectivity index (χ1n) is 6.26. The van der Waals surface area contributed by atoms with Crippen molar-refractivity contribution in [2.24, 2.45) is 5.73 Å². The van der Waals surface area contributed by atoms with Crippen molar-refractivity contribution in [1.29, 1.82) is 0 Å². The number of aldehydes is 1. The number of carbonyl (C=O) groups excluding carboxylic acids is 2. The highest BCUT2D eigenvalue weighted by molar-refractivity contribution is 5.93. The van der Waals surface area contributed by atoms with E-state index in [-0.39, 0.29) is 12.3 Å². The Kier molecular flexibility index (Phi) is 3.42. The second-order valence-electron chi connectivity index (χ2n) is 4.96. The minimum Gasteiger partial charge on any atom is -0.369 e. The average molecular weight is 258 g/mol. The fourth-order valence-electron chi connectivity index (χ4n) is 2.78. The Bertz CT molecular complexity index is 669. The molecule has 1 aromatic carbocycles. The highest BCUT2D eigenvalue weighted by Gasteiger charge is 2.17. The molecule has 4 heteroatoms. The summed E-state index contributed by atoms with van der Waals surface area (Å²) in [5.74, 6) is -0.353. The number of aromatic nitrogens is 1. The van der Waals surface area contributed by atoms with E-state index < -0.39 is 0 Å². The second kappa shape index (κ2) is 4.88. The van der Waals surface area contributed by atoms with Gasteiger partial charge in [-0.2, -0.15) is 0 Å². The Morgan fingerprint density at radius 2 is 2.00 bits per heavy atom. The maximum Gasteiger partial charge on any atom is 0.221 e. The normalized spacial score (nSPS) is 10.9. The Morgan fingerprint density at radius 3 is 2.58 bits per heavy atom. The molecule has 0 aliphatic heterocycles. The van der Waals surface area contributed by atoms with Crippen LogP contribution in [-0.2, 0) is 22.6 Å². The lowest BCUT2D eigenvalue weighted by molar-refractivity contribution is -0.117. The van der Waals surface area contributed by atoms with Crippen LogP contribution in [0.3, 0.4) is 0 Å². The number of hydrogen-bond donors (Lipinski definition) is 1. The summed E-state index contributed by atoms with van der Waals surface area (Å²) < 4.78 is 1.95. The summed E-state index contributed by atoms with van der Waals surface area (Å²) in [6.45, 7) is 6.26. The number of nitrogens with two attached hydrogens (primary N) is 1. The lowest BCUT2D eigenvalue weighted by atomic mass is 10.0. The van der Waals surface area contributed by atoms with Crippen LogP contribution in [0.2, 0.25) is 0 Å². The van der Waals surface area contributed by atoms with Gasteiger partial charge in [-0.05, 0) is 43.5 Å². The molecule has 1 aromatic heterocycles. The third kappa shape index (κ3) is 2.26. The molecular weight excluding hydrogens is 240 g/mol. The minimum absolute atomic E-state index is 0.206. The van der Waals surface area contributed by atoms with Gasteiger partial charge < -0.3 is 15.1 Å². The van der Waals surface area contributed by atoms with Gasteiger partial charge in [-0.3, -0.25) is 4.79 Å². The van der Waals surface area contributed by atoms with Crippen molar-refractivity contribution in [3.8, 4) is 0 Å². The molecule has 2 rings (SSSR count). The third-order valence-electron chi connectivity index (χ3n) is 3.50. The van der Waals surface area contributed by atoms with Crippen LogP contribution < -0.4 is 5.73 Å². The first-order valence-corrected chi connectivity index (χ1v) is 6.26. The number of nitrogens with zero attached hydrogens (tertiary/aromatic N) is 1. The summed E-state index contributed by atoms with van der Waals surface area (Å²) in [6.07, 6.45) is 1.08. The molecule has 19 heavy (non-hydrogen) atoms. The summed E-state index contributed by atoms with van der Waals surface area (Å²) in [4.78, 5) is 22.1. The summed E-state index contributed by atoms with van der Waals surface area (Å²) in [5.41, 5.74) is 10.4. The van der Waals surface area contributed by atoms with E-state index >= 15 is 0 Å². The van der Waals surface area contributed by atoms with Gasteiger partial charge in [-0.25, -0.2) is 0 Å². The number of rotatable bonds is 4. The van der Waals surface area contributed by atoms with E-state index in [0.29, 0.717) is 6.54 Å². The second-order valence-corrected chi connectivity index (χ2v) is 4.96. The van der Waals surface area contributed by atoms with Gasteiger partial charge >= 0.3 is 0 Å². The van der Waals surface area contributed by atoms with Gasteiger partial charge in [0.05, 0.1) is 13.0 Å². The Morgan fingerprint density at radius 1 is 1.32 bits per heavy atom. The van der Waals surface area contributed by atoms with Crippen LogP contribution in [0.5, 0.6) is 0 Å². The molecule has 0 radical (unpaired) electrons. The molecule has 100 valence electrons. The molecule has 1 heterocycles. The van der Waals surface area contributed by atoms with E-state index in [2.05, 4.69) is 6.07 Å². The first kappa shape index (κ1) is 13.3. The summed E-state index contributed by atoms with van der Waals surface area (Å²) >= 11 is 0. The smallest absolute Gasteiger partial charge is 0.221 e. The highest BCUT2D eigenvalue weighted by Crippen LogP contribution is 2.30. The summed E-state index contributed by atoms with van der Waals surface area (Å²) in [6, 6.07) is 4.13. The van der Waals surface area contributed by atoms with E-state index in [9.17, 15) is 9.59 Å². The molecule has 1 amide bonds. The lowest BCUT2D eigenvalue weighted by Crippen LogP contribution is -2.14. The number of carbonyl (C=O) groups is 2. The van der Waals surface area contributed by atoms with Crippen molar-refractivity contribution in [1.82, 2.24) is 4.57 Å². The molecular formula is C15H18N2O2. The van der Waals surface area contributed by atoms with Crippen LogP contribution in [0, 0.1) is 20.8 Å². The van der Waals surface area contributed by atoms with E-state index in [1.165, 1.54) is 0 Å². The van der Waals surface area contributed by atoms with Gasteiger partial charge in [0.25, 0.3) is 0 Å². The van der Waals surface area contributed by atoms with E-state index in [1.807, 2.05) is 31.4 Å². The number of hydrogen-bond acceptors (Lipinski definition) is 2. The van der Waals surface area contributed by atoms with Crippen LogP contribution in [0.25, 0.3) is 10.9 Å². The van der Waals surface area contributed by atoms with E-state index in [1.54, 1.807) is 0 Å². The number of primary amides is 1. The topological polar surface area (TPSA) is 65.1 Å². The molecule has 0 aliphatic rings. The Hall–Kier alpha value is -2.10. The van der Waals surface area contributed by atoms with E-state index in [4.69, 9.17) is 5.73 Å². The molecule has 0 bridgehead atoms. The molecule has 0 aliphatic carbocycles. The molecule has 0 atom stereocenters. The van der Waals surface area contributed by atoms with Crippen LogP contribution in [0.15, 0.2) is 12.1 Å². The lowest BCUT2D eigenvalue weighted by Gasteiger charge is -2.04. The molecule has 0 saturated heterocycles. The zero-order valence-corrected chi connectivity index (χ0v) is 11.5. The fourth-order valence-corrected chi connectivity index (χ4v) is 2.78. The van der Waals surface area contributed by atoms with Crippen LogP contribution in [0.1, 0.15) is 22.4 Å². The molecule has 2 N–H and O–H groups in total. The molecule has 2 aromatic rings. The van der Waals surface area contributed by atoms with Crippen molar-refractivity contribution in [3.05, 3.63) is 34.5 Å². The Labute approximate surface area is 112 Å². The SMILES string of the molecule is Cc1cc(C)c2c(CC(N)=O)c(C)n(CC=O)c2c1. The van der Waals surface area contributed by atoms with Crippen molar-refractivity contribution in [2.75, 3.05) is 0 Å². The summed E-state index contributed by atoms with van der Waals surface area (Å²) in [5, 5.41) is 1.05.